The van der Waals surface area contributed by atoms with Crippen LogP contribution < -0.4 is 5.32 Å². The first-order valence-corrected chi connectivity index (χ1v) is 8.80. The molecular weight excluding hydrogens is 320 g/mol. The van der Waals surface area contributed by atoms with Crippen LogP contribution in [0, 0.1) is 13.8 Å². The van der Waals surface area contributed by atoms with Crippen LogP contribution >= 0.6 is 11.3 Å². The van der Waals surface area contributed by atoms with Crippen molar-refractivity contribution < 1.29 is 4.79 Å². The van der Waals surface area contributed by atoms with Gasteiger partial charge in [0.2, 0.25) is 0 Å². The van der Waals surface area contributed by atoms with E-state index in [1.54, 1.807) is 12.4 Å². The van der Waals surface area contributed by atoms with Crippen molar-refractivity contribution in [2.75, 3.05) is 0 Å². The zero-order valence-electron chi connectivity index (χ0n) is 14.3. The van der Waals surface area contributed by atoms with Crippen LogP contribution in [0.3, 0.4) is 0 Å². The number of hydrogen-bond donors (Lipinski definition) is 1. The minimum absolute atomic E-state index is 0.0720. The molecule has 1 atom stereocenters. The zero-order valence-corrected chi connectivity index (χ0v) is 15.1. The van der Waals surface area contributed by atoms with Crippen LogP contribution in [0.15, 0.2) is 24.5 Å². The summed E-state index contributed by atoms with van der Waals surface area (Å²) in [6.07, 6.45) is 4.25. The molecule has 6 heteroatoms. The minimum Gasteiger partial charge on any atom is -0.345 e. The lowest BCUT2D eigenvalue weighted by atomic mass is 10.1. The number of nitrogens with one attached hydrogen (secondary N) is 1. The number of thiophene rings is 1. The van der Waals surface area contributed by atoms with Gasteiger partial charge in [-0.2, -0.15) is 0 Å². The van der Waals surface area contributed by atoms with Gasteiger partial charge in [0.1, 0.15) is 10.7 Å². The monoisotopic (exact) mass is 340 g/mol. The average Bonchev–Trinajstić information content (AvgIpc) is 2.92. The highest BCUT2D eigenvalue weighted by atomic mass is 32.1. The molecule has 0 saturated carbocycles. The van der Waals surface area contributed by atoms with Crippen molar-refractivity contribution in [2.24, 2.45) is 0 Å². The molecule has 3 rings (SSSR count). The lowest BCUT2D eigenvalue weighted by Gasteiger charge is -2.13. The minimum atomic E-state index is -0.0801. The summed E-state index contributed by atoms with van der Waals surface area (Å²) in [6.45, 7) is 7.94. The Labute approximate surface area is 145 Å². The molecule has 1 unspecified atom stereocenters. The van der Waals surface area contributed by atoms with Gasteiger partial charge in [-0.25, -0.2) is 9.97 Å². The Balaban J connectivity index is 1.93. The van der Waals surface area contributed by atoms with E-state index in [4.69, 9.17) is 0 Å². The van der Waals surface area contributed by atoms with Crippen molar-refractivity contribution in [3.8, 4) is 0 Å². The fourth-order valence-corrected chi connectivity index (χ4v) is 3.92. The van der Waals surface area contributed by atoms with Crippen LogP contribution in [-0.4, -0.2) is 20.9 Å². The number of fused-ring (bicyclic) bond motifs is 1. The molecule has 1 N–H and O–H groups in total. The Morgan fingerprint density at radius 1 is 1.25 bits per heavy atom. The van der Waals surface area contributed by atoms with Crippen LogP contribution in [0.5, 0.6) is 0 Å². The summed E-state index contributed by atoms with van der Waals surface area (Å²) in [5, 5.41) is 4.06. The van der Waals surface area contributed by atoms with Gasteiger partial charge in [0.15, 0.2) is 0 Å². The third kappa shape index (κ3) is 3.01. The predicted octanol–water partition coefficient (Wildman–Crippen LogP) is 3.76. The summed E-state index contributed by atoms with van der Waals surface area (Å²) in [6, 6.07) is 3.74. The number of rotatable bonds is 4. The van der Waals surface area contributed by atoms with E-state index in [2.05, 4.69) is 20.3 Å². The molecule has 124 valence electrons. The van der Waals surface area contributed by atoms with Crippen molar-refractivity contribution in [3.63, 3.8) is 0 Å². The number of amides is 1. The van der Waals surface area contributed by atoms with Gasteiger partial charge in [-0.15, -0.1) is 11.3 Å². The highest BCUT2D eigenvalue weighted by molar-refractivity contribution is 7.20. The normalized spacial score (nSPS) is 12.3. The summed E-state index contributed by atoms with van der Waals surface area (Å²) in [4.78, 5) is 27.4. The largest absolute Gasteiger partial charge is 0.345 e. The van der Waals surface area contributed by atoms with E-state index in [0.717, 1.165) is 39.3 Å². The first kappa shape index (κ1) is 16.5. The molecule has 0 aromatic carbocycles. The first-order valence-electron chi connectivity index (χ1n) is 7.98. The van der Waals surface area contributed by atoms with Gasteiger partial charge in [0.05, 0.1) is 10.9 Å². The molecular formula is C18H20N4OS. The second-order valence-corrected chi connectivity index (χ2v) is 6.79. The van der Waals surface area contributed by atoms with Gasteiger partial charge in [-0.05, 0) is 44.0 Å². The number of aromatic nitrogens is 3. The van der Waals surface area contributed by atoms with Crippen LogP contribution in [0.1, 0.15) is 52.2 Å². The molecule has 0 bridgehead atoms. The molecule has 24 heavy (non-hydrogen) atoms. The van der Waals surface area contributed by atoms with Gasteiger partial charge in [0, 0.05) is 29.9 Å². The molecule has 0 aliphatic heterocycles. The van der Waals surface area contributed by atoms with Gasteiger partial charge >= 0.3 is 0 Å². The van der Waals surface area contributed by atoms with Crippen LogP contribution in [0.25, 0.3) is 10.2 Å². The SMILES string of the molecule is CCc1nc(C)c2c(C)c(C(=O)NC(C)c3ccncc3)sc2n1. The van der Waals surface area contributed by atoms with Crippen molar-refractivity contribution in [3.05, 3.63) is 52.0 Å². The fraction of sp³-hybridized carbons (Fsp3) is 0.333. The van der Waals surface area contributed by atoms with E-state index in [9.17, 15) is 4.79 Å². The van der Waals surface area contributed by atoms with Crippen LogP contribution in [-0.2, 0) is 6.42 Å². The second-order valence-electron chi connectivity index (χ2n) is 5.79. The second kappa shape index (κ2) is 6.65. The van der Waals surface area contributed by atoms with Crippen molar-refractivity contribution in [2.45, 2.75) is 40.2 Å². The Morgan fingerprint density at radius 3 is 2.62 bits per heavy atom. The standard InChI is InChI=1S/C18H20N4OS/c1-5-14-20-12(4)15-10(2)16(24-18(15)22-14)17(23)21-11(3)13-6-8-19-9-7-13/h6-9,11H,5H2,1-4H3,(H,21,23). The van der Waals surface area contributed by atoms with E-state index in [1.807, 2.05) is 39.8 Å². The maximum Gasteiger partial charge on any atom is 0.262 e. The van der Waals surface area contributed by atoms with E-state index in [1.165, 1.54) is 11.3 Å². The highest BCUT2D eigenvalue weighted by Crippen LogP contribution is 2.31. The molecule has 3 aromatic heterocycles. The smallest absolute Gasteiger partial charge is 0.262 e. The van der Waals surface area contributed by atoms with Gasteiger partial charge in [0.25, 0.3) is 5.91 Å². The maximum atomic E-state index is 12.7. The number of hydrogen-bond acceptors (Lipinski definition) is 5. The third-order valence-corrected chi connectivity index (χ3v) is 5.28. The van der Waals surface area contributed by atoms with Gasteiger partial charge in [-0.1, -0.05) is 6.92 Å². The zero-order chi connectivity index (χ0) is 17.3. The van der Waals surface area contributed by atoms with E-state index >= 15 is 0 Å². The number of pyridine rings is 1. The molecule has 0 saturated heterocycles. The molecule has 0 aliphatic rings. The quantitative estimate of drug-likeness (QED) is 0.785. The first-order chi connectivity index (χ1) is 11.5. The van der Waals surface area contributed by atoms with Crippen molar-refractivity contribution in [1.82, 2.24) is 20.3 Å². The van der Waals surface area contributed by atoms with Crippen LogP contribution in [0.4, 0.5) is 0 Å². The Morgan fingerprint density at radius 2 is 1.96 bits per heavy atom. The Kier molecular flexibility index (Phi) is 4.57. The van der Waals surface area contributed by atoms with E-state index in [-0.39, 0.29) is 11.9 Å². The molecule has 1 amide bonds. The summed E-state index contributed by atoms with van der Waals surface area (Å²) in [5.74, 6) is 0.746. The number of carbonyl (C=O) groups is 1. The topological polar surface area (TPSA) is 67.8 Å². The van der Waals surface area contributed by atoms with Crippen LogP contribution in [0.2, 0.25) is 0 Å². The third-order valence-electron chi connectivity index (χ3n) is 4.09. The van der Waals surface area contributed by atoms with Crippen molar-refractivity contribution >= 4 is 27.5 Å². The number of carbonyl (C=O) groups excluding carboxylic acids is 1. The van der Waals surface area contributed by atoms with Gasteiger partial charge in [-0.3, -0.25) is 9.78 Å². The predicted molar refractivity (Wildman–Crippen MR) is 96.4 cm³/mol. The number of nitrogens with zero attached hydrogens (tertiary/aromatic N) is 3. The summed E-state index contributed by atoms with van der Waals surface area (Å²) in [7, 11) is 0. The fourth-order valence-electron chi connectivity index (χ4n) is 2.77. The Hall–Kier alpha value is -2.34. The van der Waals surface area contributed by atoms with Crippen molar-refractivity contribution in [1.29, 1.82) is 0 Å². The summed E-state index contributed by atoms with van der Waals surface area (Å²) < 4.78 is 0. The van der Waals surface area contributed by atoms with E-state index in [0.29, 0.717) is 4.88 Å². The Bertz CT molecular complexity index is 889. The molecule has 0 aliphatic carbocycles. The highest BCUT2D eigenvalue weighted by Gasteiger charge is 2.20. The number of aryl methyl sites for hydroxylation is 3. The molecule has 3 heterocycles. The summed E-state index contributed by atoms with van der Waals surface area (Å²) >= 11 is 1.44. The lowest BCUT2D eigenvalue weighted by molar-refractivity contribution is 0.0943. The summed E-state index contributed by atoms with van der Waals surface area (Å²) in [5.41, 5.74) is 2.92. The molecule has 0 fully saturated rings. The molecule has 0 spiro atoms. The molecule has 0 radical (unpaired) electrons. The maximum absolute atomic E-state index is 12.7. The lowest BCUT2D eigenvalue weighted by Crippen LogP contribution is -2.26. The van der Waals surface area contributed by atoms with E-state index < -0.39 is 0 Å². The molecule has 3 aromatic rings. The molecule has 5 nitrogen and oxygen atoms in total. The average molecular weight is 340 g/mol. The van der Waals surface area contributed by atoms with Gasteiger partial charge < -0.3 is 5.32 Å².